The Hall–Kier alpha value is -2.56. The zero-order chi connectivity index (χ0) is 17.2. The molecule has 5 nitrogen and oxygen atoms in total. The predicted octanol–water partition coefficient (Wildman–Crippen LogP) is 4.33. The number of carbonyl (C=O) groups is 1. The Kier molecular flexibility index (Phi) is 7.08. The minimum absolute atomic E-state index is 0.251. The van der Waals surface area contributed by atoms with Crippen LogP contribution in [0.2, 0.25) is 0 Å². The summed E-state index contributed by atoms with van der Waals surface area (Å²) in [6, 6.07) is 11.0. The maximum Gasteiger partial charge on any atom is 0.274 e. The molecule has 0 unspecified atom stereocenters. The first-order valence-electron chi connectivity index (χ1n) is 8.47. The van der Waals surface area contributed by atoms with E-state index in [1.807, 2.05) is 37.3 Å². The molecule has 0 saturated carbocycles. The summed E-state index contributed by atoms with van der Waals surface area (Å²) in [5, 5.41) is 6.19. The van der Waals surface area contributed by atoms with E-state index in [1.165, 1.54) is 12.8 Å². The molecule has 1 aromatic heterocycles. The standard InChI is InChI=1S/C19H25N3O2/c1-3-5-8-12-20-15-11-13-21-17(14-15)19(23)22-16-9-6-7-10-18(16)24-4-2/h6-7,9-11,13-14H,3-5,8,12H2,1-2H3,(H,20,21)(H,22,23). The number of unbranched alkanes of at least 4 members (excludes halogenated alkanes) is 2. The highest BCUT2D eigenvalue weighted by molar-refractivity contribution is 6.04. The van der Waals surface area contributed by atoms with Crippen LogP contribution in [-0.2, 0) is 0 Å². The van der Waals surface area contributed by atoms with Crippen molar-refractivity contribution in [1.82, 2.24) is 4.98 Å². The van der Waals surface area contributed by atoms with E-state index in [0.717, 1.165) is 18.7 Å². The molecule has 0 fully saturated rings. The Bertz CT molecular complexity index is 659. The lowest BCUT2D eigenvalue weighted by Crippen LogP contribution is -2.15. The Morgan fingerprint density at radius 2 is 2.00 bits per heavy atom. The number of hydrogen-bond donors (Lipinski definition) is 2. The second-order valence-corrected chi connectivity index (χ2v) is 5.45. The monoisotopic (exact) mass is 327 g/mol. The van der Waals surface area contributed by atoms with Gasteiger partial charge in [0.25, 0.3) is 5.91 Å². The Labute approximate surface area is 143 Å². The summed E-state index contributed by atoms with van der Waals surface area (Å²) in [6.45, 7) is 5.53. The molecule has 0 radical (unpaired) electrons. The number of anilines is 2. The molecule has 0 spiro atoms. The fraction of sp³-hybridized carbons (Fsp3) is 0.368. The summed E-state index contributed by atoms with van der Waals surface area (Å²) in [7, 11) is 0. The van der Waals surface area contributed by atoms with Crippen LogP contribution >= 0.6 is 0 Å². The third-order valence-electron chi connectivity index (χ3n) is 3.54. The van der Waals surface area contributed by atoms with Crippen LogP contribution in [0.1, 0.15) is 43.6 Å². The Morgan fingerprint density at radius 1 is 1.17 bits per heavy atom. The Morgan fingerprint density at radius 3 is 2.79 bits per heavy atom. The normalized spacial score (nSPS) is 10.2. The fourth-order valence-corrected chi connectivity index (χ4v) is 2.31. The largest absolute Gasteiger partial charge is 0.492 e. The van der Waals surface area contributed by atoms with Crippen molar-refractivity contribution in [2.24, 2.45) is 0 Å². The molecular weight excluding hydrogens is 302 g/mol. The first-order chi connectivity index (χ1) is 11.7. The van der Waals surface area contributed by atoms with Crippen LogP contribution in [0.3, 0.4) is 0 Å². The van der Waals surface area contributed by atoms with E-state index in [0.29, 0.717) is 23.7 Å². The molecule has 1 aromatic carbocycles. The minimum Gasteiger partial charge on any atom is -0.492 e. The predicted molar refractivity (Wildman–Crippen MR) is 97.8 cm³/mol. The number of ether oxygens (including phenoxy) is 1. The molecule has 2 aromatic rings. The lowest BCUT2D eigenvalue weighted by molar-refractivity contribution is 0.102. The summed E-state index contributed by atoms with van der Waals surface area (Å²) in [4.78, 5) is 16.6. The summed E-state index contributed by atoms with van der Waals surface area (Å²) < 4.78 is 5.53. The van der Waals surface area contributed by atoms with E-state index in [4.69, 9.17) is 4.74 Å². The van der Waals surface area contributed by atoms with Crippen molar-refractivity contribution in [3.8, 4) is 5.75 Å². The minimum atomic E-state index is -0.251. The van der Waals surface area contributed by atoms with Gasteiger partial charge in [0.05, 0.1) is 12.3 Å². The summed E-state index contributed by atoms with van der Waals surface area (Å²) in [6.07, 6.45) is 5.14. The summed E-state index contributed by atoms with van der Waals surface area (Å²) >= 11 is 0. The number of para-hydroxylation sites is 2. The van der Waals surface area contributed by atoms with Crippen LogP contribution in [0.25, 0.3) is 0 Å². The lowest BCUT2D eigenvalue weighted by atomic mass is 10.2. The lowest BCUT2D eigenvalue weighted by Gasteiger charge is -2.11. The van der Waals surface area contributed by atoms with Crippen molar-refractivity contribution >= 4 is 17.3 Å². The summed E-state index contributed by atoms with van der Waals surface area (Å²) in [5.74, 6) is 0.404. The highest BCUT2D eigenvalue weighted by atomic mass is 16.5. The number of aromatic nitrogens is 1. The van der Waals surface area contributed by atoms with E-state index < -0.39 is 0 Å². The van der Waals surface area contributed by atoms with Gasteiger partial charge in [-0.05, 0) is 37.6 Å². The molecule has 5 heteroatoms. The maximum atomic E-state index is 12.4. The van der Waals surface area contributed by atoms with E-state index in [-0.39, 0.29) is 5.91 Å². The molecular formula is C19H25N3O2. The van der Waals surface area contributed by atoms with Crippen molar-refractivity contribution < 1.29 is 9.53 Å². The van der Waals surface area contributed by atoms with Gasteiger partial charge in [0.2, 0.25) is 0 Å². The number of pyridine rings is 1. The van der Waals surface area contributed by atoms with Gasteiger partial charge in [-0.3, -0.25) is 9.78 Å². The summed E-state index contributed by atoms with van der Waals surface area (Å²) in [5.41, 5.74) is 1.93. The molecule has 128 valence electrons. The molecule has 0 aliphatic heterocycles. The Balaban J connectivity index is 2.02. The SMILES string of the molecule is CCCCCNc1ccnc(C(=O)Nc2ccccc2OCC)c1. The van der Waals surface area contributed by atoms with Gasteiger partial charge < -0.3 is 15.4 Å². The third kappa shape index (κ3) is 5.26. The van der Waals surface area contributed by atoms with E-state index in [9.17, 15) is 4.79 Å². The second-order valence-electron chi connectivity index (χ2n) is 5.45. The smallest absolute Gasteiger partial charge is 0.274 e. The van der Waals surface area contributed by atoms with Crippen LogP contribution in [-0.4, -0.2) is 24.0 Å². The van der Waals surface area contributed by atoms with Gasteiger partial charge in [-0.15, -0.1) is 0 Å². The average Bonchev–Trinajstić information content (AvgIpc) is 2.61. The van der Waals surface area contributed by atoms with Crippen LogP contribution < -0.4 is 15.4 Å². The highest BCUT2D eigenvalue weighted by Crippen LogP contribution is 2.24. The van der Waals surface area contributed by atoms with Gasteiger partial charge >= 0.3 is 0 Å². The van der Waals surface area contributed by atoms with Gasteiger partial charge in [-0.1, -0.05) is 31.9 Å². The zero-order valence-corrected chi connectivity index (χ0v) is 14.3. The topological polar surface area (TPSA) is 63.2 Å². The highest BCUT2D eigenvalue weighted by Gasteiger charge is 2.11. The van der Waals surface area contributed by atoms with Crippen LogP contribution in [0.5, 0.6) is 5.75 Å². The van der Waals surface area contributed by atoms with Gasteiger partial charge in [0, 0.05) is 18.4 Å². The number of amides is 1. The van der Waals surface area contributed by atoms with Gasteiger partial charge in [0.15, 0.2) is 0 Å². The number of nitrogens with zero attached hydrogens (tertiary/aromatic N) is 1. The second kappa shape index (κ2) is 9.55. The van der Waals surface area contributed by atoms with Crippen molar-refractivity contribution in [2.75, 3.05) is 23.8 Å². The van der Waals surface area contributed by atoms with Crippen LogP contribution in [0.4, 0.5) is 11.4 Å². The zero-order valence-electron chi connectivity index (χ0n) is 14.3. The first-order valence-corrected chi connectivity index (χ1v) is 8.47. The quantitative estimate of drug-likeness (QED) is 0.673. The number of carbonyl (C=O) groups excluding carboxylic acids is 1. The van der Waals surface area contributed by atoms with Crippen LogP contribution in [0, 0.1) is 0 Å². The fourth-order valence-electron chi connectivity index (χ4n) is 2.31. The molecule has 1 heterocycles. The van der Waals surface area contributed by atoms with Crippen molar-refractivity contribution in [3.05, 3.63) is 48.3 Å². The molecule has 24 heavy (non-hydrogen) atoms. The number of nitrogens with one attached hydrogen (secondary N) is 2. The molecule has 1 amide bonds. The first kappa shape index (κ1) is 17.8. The molecule has 2 N–H and O–H groups in total. The van der Waals surface area contributed by atoms with E-state index in [2.05, 4.69) is 22.5 Å². The van der Waals surface area contributed by atoms with Crippen molar-refractivity contribution in [2.45, 2.75) is 33.1 Å². The molecule has 0 atom stereocenters. The molecule has 2 rings (SSSR count). The number of benzene rings is 1. The van der Waals surface area contributed by atoms with Gasteiger partial charge in [-0.25, -0.2) is 0 Å². The third-order valence-corrected chi connectivity index (χ3v) is 3.54. The molecule has 0 aliphatic carbocycles. The van der Waals surface area contributed by atoms with Gasteiger partial charge in [0.1, 0.15) is 11.4 Å². The molecule has 0 aliphatic rings. The molecule has 0 bridgehead atoms. The van der Waals surface area contributed by atoms with E-state index in [1.54, 1.807) is 12.3 Å². The van der Waals surface area contributed by atoms with E-state index >= 15 is 0 Å². The molecule has 0 saturated heterocycles. The van der Waals surface area contributed by atoms with Crippen molar-refractivity contribution in [1.29, 1.82) is 0 Å². The van der Waals surface area contributed by atoms with Gasteiger partial charge in [-0.2, -0.15) is 0 Å². The number of hydrogen-bond acceptors (Lipinski definition) is 4. The maximum absolute atomic E-state index is 12.4. The van der Waals surface area contributed by atoms with Crippen molar-refractivity contribution in [3.63, 3.8) is 0 Å². The number of rotatable bonds is 9. The van der Waals surface area contributed by atoms with Crippen LogP contribution in [0.15, 0.2) is 42.6 Å². The average molecular weight is 327 g/mol.